The highest BCUT2D eigenvalue weighted by Gasteiger charge is 2.16. The molecule has 0 saturated heterocycles. The SMILES string of the molecule is O=C(O)Cc1ccccc1CSC1CCCC1. The lowest BCUT2D eigenvalue weighted by molar-refractivity contribution is -0.136. The Bertz CT molecular complexity index is 384. The lowest BCUT2D eigenvalue weighted by Gasteiger charge is -2.11. The van der Waals surface area contributed by atoms with Crippen LogP contribution >= 0.6 is 11.8 Å². The molecular formula is C14H18O2S. The van der Waals surface area contributed by atoms with Gasteiger partial charge in [-0.1, -0.05) is 37.1 Å². The normalized spacial score (nSPS) is 16.2. The summed E-state index contributed by atoms with van der Waals surface area (Å²) in [6.07, 6.45) is 5.50. The monoisotopic (exact) mass is 250 g/mol. The Morgan fingerprint density at radius 1 is 1.24 bits per heavy atom. The fraction of sp³-hybridized carbons (Fsp3) is 0.500. The van der Waals surface area contributed by atoms with E-state index in [0.29, 0.717) is 0 Å². The van der Waals surface area contributed by atoms with Crippen molar-refractivity contribution in [2.75, 3.05) is 0 Å². The summed E-state index contributed by atoms with van der Waals surface area (Å²) in [4.78, 5) is 10.8. The third-order valence-corrected chi connectivity index (χ3v) is 4.66. The summed E-state index contributed by atoms with van der Waals surface area (Å²) in [5.41, 5.74) is 2.15. The Labute approximate surface area is 106 Å². The maximum absolute atomic E-state index is 10.8. The highest BCUT2D eigenvalue weighted by molar-refractivity contribution is 7.99. The molecule has 0 heterocycles. The summed E-state index contributed by atoms with van der Waals surface area (Å²) in [5, 5.41) is 9.65. The number of thioether (sulfide) groups is 1. The average molecular weight is 250 g/mol. The van der Waals surface area contributed by atoms with E-state index in [1.165, 1.54) is 31.2 Å². The molecule has 0 atom stereocenters. The van der Waals surface area contributed by atoms with Crippen molar-refractivity contribution in [3.8, 4) is 0 Å². The topological polar surface area (TPSA) is 37.3 Å². The van der Waals surface area contributed by atoms with Crippen LogP contribution in [0, 0.1) is 0 Å². The second-order valence-corrected chi connectivity index (χ2v) is 5.85. The molecule has 1 N–H and O–H groups in total. The maximum atomic E-state index is 10.8. The van der Waals surface area contributed by atoms with Crippen molar-refractivity contribution in [1.29, 1.82) is 0 Å². The molecule has 1 aliphatic rings. The Balaban J connectivity index is 1.96. The highest BCUT2D eigenvalue weighted by atomic mass is 32.2. The molecular weight excluding hydrogens is 232 g/mol. The smallest absolute Gasteiger partial charge is 0.307 e. The van der Waals surface area contributed by atoms with Gasteiger partial charge in [-0.05, 0) is 24.0 Å². The molecule has 92 valence electrons. The van der Waals surface area contributed by atoms with Crippen LogP contribution in [0.15, 0.2) is 24.3 Å². The van der Waals surface area contributed by atoms with Gasteiger partial charge in [0.1, 0.15) is 0 Å². The summed E-state index contributed by atoms with van der Waals surface area (Å²) >= 11 is 1.99. The molecule has 1 aromatic rings. The molecule has 3 heteroatoms. The van der Waals surface area contributed by atoms with Crippen molar-refractivity contribution in [3.05, 3.63) is 35.4 Å². The number of rotatable bonds is 5. The summed E-state index contributed by atoms with van der Waals surface area (Å²) in [7, 11) is 0. The molecule has 0 aliphatic heterocycles. The molecule has 1 aromatic carbocycles. The molecule has 0 unspecified atom stereocenters. The molecule has 0 amide bonds. The minimum atomic E-state index is -0.747. The fourth-order valence-corrected chi connectivity index (χ4v) is 3.66. The standard InChI is InChI=1S/C14H18O2S/c15-14(16)9-11-5-1-2-6-12(11)10-17-13-7-3-4-8-13/h1-2,5-6,13H,3-4,7-10H2,(H,15,16). The van der Waals surface area contributed by atoms with Gasteiger partial charge in [0.15, 0.2) is 0 Å². The van der Waals surface area contributed by atoms with Crippen LogP contribution < -0.4 is 0 Å². The van der Waals surface area contributed by atoms with Crippen molar-refractivity contribution in [2.24, 2.45) is 0 Å². The van der Waals surface area contributed by atoms with E-state index >= 15 is 0 Å². The summed E-state index contributed by atoms with van der Waals surface area (Å²) in [6.45, 7) is 0. The minimum absolute atomic E-state index is 0.140. The third-order valence-electron chi connectivity index (χ3n) is 3.24. The van der Waals surface area contributed by atoms with Crippen LogP contribution in [0.1, 0.15) is 36.8 Å². The molecule has 1 aliphatic carbocycles. The van der Waals surface area contributed by atoms with Crippen LogP contribution in [0.5, 0.6) is 0 Å². The van der Waals surface area contributed by atoms with Crippen LogP contribution in [0.4, 0.5) is 0 Å². The van der Waals surface area contributed by atoms with E-state index in [0.717, 1.165) is 16.6 Å². The highest BCUT2D eigenvalue weighted by Crippen LogP contribution is 2.32. The fourth-order valence-electron chi connectivity index (χ4n) is 2.30. The Kier molecular flexibility index (Phi) is 4.49. The van der Waals surface area contributed by atoms with Gasteiger partial charge in [0.25, 0.3) is 0 Å². The maximum Gasteiger partial charge on any atom is 0.307 e. The van der Waals surface area contributed by atoms with E-state index in [9.17, 15) is 4.79 Å². The van der Waals surface area contributed by atoms with Gasteiger partial charge in [-0.15, -0.1) is 0 Å². The molecule has 1 fully saturated rings. The van der Waals surface area contributed by atoms with Gasteiger partial charge in [0, 0.05) is 11.0 Å². The average Bonchev–Trinajstić information content (AvgIpc) is 2.80. The number of aliphatic carboxylic acids is 1. The lowest BCUT2D eigenvalue weighted by atomic mass is 10.1. The number of carboxylic acids is 1. The van der Waals surface area contributed by atoms with Crippen molar-refractivity contribution in [1.82, 2.24) is 0 Å². The van der Waals surface area contributed by atoms with E-state index in [-0.39, 0.29) is 6.42 Å². The number of carbonyl (C=O) groups is 1. The van der Waals surface area contributed by atoms with E-state index in [1.807, 2.05) is 30.0 Å². The first-order valence-corrected chi connectivity index (χ1v) is 7.21. The first-order valence-electron chi connectivity index (χ1n) is 6.16. The van der Waals surface area contributed by atoms with E-state index in [1.54, 1.807) is 0 Å². The Hall–Kier alpha value is -0.960. The second-order valence-electron chi connectivity index (χ2n) is 4.56. The van der Waals surface area contributed by atoms with Gasteiger partial charge in [-0.3, -0.25) is 4.79 Å². The zero-order valence-corrected chi connectivity index (χ0v) is 10.7. The summed E-state index contributed by atoms with van der Waals surface area (Å²) in [5.74, 6) is 0.206. The predicted molar refractivity (Wildman–Crippen MR) is 71.3 cm³/mol. The Morgan fingerprint density at radius 3 is 2.53 bits per heavy atom. The summed E-state index contributed by atoms with van der Waals surface area (Å²) in [6, 6.07) is 7.90. The quantitative estimate of drug-likeness (QED) is 0.869. The van der Waals surface area contributed by atoms with Crippen molar-refractivity contribution < 1.29 is 9.90 Å². The van der Waals surface area contributed by atoms with Gasteiger partial charge in [-0.25, -0.2) is 0 Å². The third kappa shape index (κ3) is 3.77. The lowest BCUT2D eigenvalue weighted by Crippen LogP contribution is -2.04. The summed E-state index contributed by atoms with van der Waals surface area (Å²) < 4.78 is 0. The predicted octanol–water partition coefficient (Wildman–Crippen LogP) is 3.49. The Morgan fingerprint density at radius 2 is 1.88 bits per heavy atom. The van der Waals surface area contributed by atoms with Crippen LogP contribution in [-0.2, 0) is 17.0 Å². The molecule has 0 bridgehead atoms. The first kappa shape index (κ1) is 12.5. The van der Waals surface area contributed by atoms with Crippen molar-refractivity contribution in [2.45, 2.75) is 43.1 Å². The van der Waals surface area contributed by atoms with Crippen LogP contribution in [0.2, 0.25) is 0 Å². The van der Waals surface area contributed by atoms with Crippen LogP contribution in [-0.4, -0.2) is 16.3 Å². The van der Waals surface area contributed by atoms with Crippen LogP contribution in [0.25, 0.3) is 0 Å². The van der Waals surface area contributed by atoms with E-state index in [4.69, 9.17) is 5.11 Å². The number of hydrogen-bond donors (Lipinski definition) is 1. The zero-order chi connectivity index (χ0) is 12.1. The number of hydrogen-bond acceptors (Lipinski definition) is 2. The zero-order valence-electron chi connectivity index (χ0n) is 9.89. The van der Waals surface area contributed by atoms with E-state index < -0.39 is 5.97 Å². The van der Waals surface area contributed by atoms with E-state index in [2.05, 4.69) is 6.07 Å². The van der Waals surface area contributed by atoms with Gasteiger partial charge in [-0.2, -0.15) is 11.8 Å². The molecule has 17 heavy (non-hydrogen) atoms. The molecule has 0 aromatic heterocycles. The molecule has 1 saturated carbocycles. The minimum Gasteiger partial charge on any atom is -0.481 e. The molecule has 2 rings (SSSR count). The van der Waals surface area contributed by atoms with Gasteiger partial charge in [0.05, 0.1) is 6.42 Å². The molecule has 0 radical (unpaired) electrons. The first-order chi connectivity index (χ1) is 8.25. The second kappa shape index (κ2) is 6.10. The van der Waals surface area contributed by atoms with Crippen molar-refractivity contribution in [3.63, 3.8) is 0 Å². The van der Waals surface area contributed by atoms with Gasteiger partial charge >= 0.3 is 5.97 Å². The number of carboxylic acid groups (broad SMARTS) is 1. The van der Waals surface area contributed by atoms with Gasteiger partial charge < -0.3 is 5.11 Å². The van der Waals surface area contributed by atoms with Crippen LogP contribution in [0.3, 0.4) is 0 Å². The number of benzene rings is 1. The molecule has 0 spiro atoms. The van der Waals surface area contributed by atoms with Gasteiger partial charge in [0.2, 0.25) is 0 Å². The van der Waals surface area contributed by atoms with Crippen molar-refractivity contribution >= 4 is 17.7 Å². The largest absolute Gasteiger partial charge is 0.481 e. The molecule has 2 nitrogen and oxygen atoms in total.